The lowest BCUT2D eigenvalue weighted by atomic mass is 10.1. The minimum atomic E-state index is 0.319. The molecule has 1 aliphatic heterocycles. The summed E-state index contributed by atoms with van der Waals surface area (Å²) in [6, 6.07) is 0. The largest absolute Gasteiger partial charge is 0.396 e. The average Bonchev–Trinajstić information content (AvgIpc) is 2.60. The van der Waals surface area contributed by atoms with Gasteiger partial charge in [0.15, 0.2) is 0 Å². The molecule has 3 heteroatoms. The summed E-state index contributed by atoms with van der Waals surface area (Å²) in [6.07, 6.45) is 4.38. The highest BCUT2D eigenvalue weighted by molar-refractivity contribution is 4.74. The van der Waals surface area contributed by atoms with Crippen molar-refractivity contribution in [1.82, 2.24) is 4.90 Å². The lowest BCUT2D eigenvalue weighted by Crippen LogP contribution is -2.22. The molecule has 1 saturated heterocycles. The summed E-state index contributed by atoms with van der Waals surface area (Å²) < 4.78 is 0. The van der Waals surface area contributed by atoms with Crippen LogP contribution in [-0.4, -0.2) is 48.0 Å². The predicted molar refractivity (Wildman–Crippen MR) is 52.6 cm³/mol. The molecule has 0 bridgehead atoms. The van der Waals surface area contributed by atoms with Gasteiger partial charge in [0.2, 0.25) is 0 Å². The third-order valence-electron chi connectivity index (χ3n) is 2.76. The lowest BCUT2D eigenvalue weighted by molar-refractivity contribution is 0.220. The van der Waals surface area contributed by atoms with Crippen LogP contribution in [0, 0.1) is 5.92 Å². The lowest BCUT2D eigenvalue weighted by Gasteiger charge is -2.14. The first-order valence-electron chi connectivity index (χ1n) is 5.31. The van der Waals surface area contributed by atoms with E-state index in [-0.39, 0.29) is 0 Å². The Kier molecular flexibility index (Phi) is 5.35. The van der Waals surface area contributed by atoms with E-state index in [1.807, 2.05) is 0 Å². The average molecular weight is 187 g/mol. The van der Waals surface area contributed by atoms with Crippen molar-refractivity contribution in [1.29, 1.82) is 0 Å². The molecule has 1 heterocycles. The monoisotopic (exact) mass is 187 g/mol. The first-order valence-corrected chi connectivity index (χ1v) is 5.31. The van der Waals surface area contributed by atoms with Crippen LogP contribution in [0.2, 0.25) is 0 Å². The van der Waals surface area contributed by atoms with Gasteiger partial charge in [-0.2, -0.15) is 0 Å². The van der Waals surface area contributed by atoms with Crippen LogP contribution in [0.25, 0.3) is 0 Å². The second kappa shape index (κ2) is 6.35. The van der Waals surface area contributed by atoms with Crippen molar-refractivity contribution < 1.29 is 10.2 Å². The highest BCUT2D eigenvalue weighted by Gasteiger charge is 2.20. The van der Waals surface area contributed by atoms with Crippen LogP contribution in [0.3, 0.4) is 0 Å². The van der Waals surface area contributed by atoms with Gasteiger partial charge < -0.3 is 15.1 Å². The van der Waals surface area contributed by atoms with Gasteiger partial charge in [-0.3, -0.25) is 0 Å². The zero-order valence-corrected chi connectivity index (χ0v) is 8.28. The molecule has 0 spiro atoms. The molecule has 0 radical (unpaired) electrons. The van der Waals surface area contributed by atoms with Gasteiger partial charge in [0.1, 0.15) is 0 Å². The van der Waals surface area contributed by atoms with E-state index < -0.39 is 0 Å². The Balaban J connectivity index is 1.97. The second-order valence-corrected chi connectivity index (χ2v) is 3.92. The van der Waals surface area contributed by atoms with Crippen molar-refractivity contribution in [2.75, 3.05) is 32.8 Å². The quantitative estimate of drug-likeness (QED) is 0.594. The van der Waals surface area contributed by atoms with E-state index in [0.717, 1.165) is 38.9 Å². The number of aliphatic hydroxyl groups is 2. The normalized spacial score (nSPS) is 24.0. The summed E-state index contributed by atoms with van der Waals surface area (Å²) >= 11 is 0. The summed E-state index contributed by atoms with van der Waals surface area (Å²) in [7, 11) is 0. The third-order valence-corrected chi connectivity index (χ3v) is 2.76. The molecule has 13 heavy (non-hydrogen) atoms. The number of likely N-dealkylation sites (tertiary alicyclic amines) is 1. The maximum absolute atomic E-state index is 8.93. The fourth-order valence-corrected chi connectivity index (χ4v) is 1.89. The second-order valence-electron chi connectivity index (χ2n) is 3.92. The Morgan fingerprint density at radius 2 is 2.00 bits per heavy atom. The first-order chi connectivity index (χ1) is 6.36. The highest BCUT2D eigenvalue weighted by Crippen LogP contribution is 2.15. The minimum absolute atomic E-state index is 0.319. The smallest absolute Gasteiger partial charge is 0.0471 e. The molecule has 0 aromatic carbocycles. The van der Waals surface area contributed by atoms with Gasteiger partial charge in [0, 0.05) is 19.8 Å². The molecule has 0 saturated carbocycles. The zero-order chi connectivity index (χ0) is 9.52. The number of aliphatic hydroxyl groups excluding tert-OH is 2. The van der Waals surface area contributed by atoms with Gasteiger partial charge in [0.05, 0.1) is 0 Å². The van der Waals surface area contributed by atoms with Gasteiger partial charge in [-0.05, 0) is 44.7 Å². The van der Waals surface area contributed by atoms with Gasteiger partial charge in [-0.15, -0.1) is 0 Å². The summed E-state index contributed by atoms with van der Waals surface area (Å²) in [6.45, 7) is 4.00. The molecule has 1 aliphatic rings. The summed E-state index contributed by atoms with van der Waals surface area (Å²) in [4.78, 5) is 2.41. The third kappa shape index (κ3) is 4.07. The van der Waals surface area contributed by atoms with Crippen LogP contribution in [-0.2, 0) is 0 Å². The van der Waals surface area contributed by atoms with Crippen LogP contribution in [0.5, 0.6) is 0 Å². The Morgan fingerprint density at radius 3 is 2.62 bits per heavy atom. The van der Waals surface area contributed by atoms with E-state index in [1.54, 1.807) is 0 Å². The van der Waals surface area contributed by atoms with Crippen LogP contribution >= 0.6 is 0 Å². The molecule has 0 aliphatic carbocycles. The number of hydrogen-bond donors (Lipinski definition) is 2. The fourth-order valence-electron chi connectivity index (χ4n) is 1.89. The van der Waals surface area contributed by atoms with E-state index in [4.69, 9.17) is 10.2 Å². The van der Waals surface area contributed by atoms with Crippen molar-refractivity contribution in [2.24, 2.45) is 5.92 Å². The zero-order valence-electron chi connectivity index (χ0n) is 8.28. The van der Waals surface area contributed by atoms with Crippen molar-refractivity contribution in [2.45, 2.75) is 25.7 Å². The van der Waals surface area contributed by atoms with E-state index in [2.05, 4.69) is 4.90 Å². The summed E-state index contributed by atoms with van der Waals surface area (Å²) in [5.74, 6) is 0.512. The standard InChI is InChI=1S/C10H21NO2/c12-7-3-1-2-5-11-6-4-10(8-11)9-13/h10,12-13H,1-9H2. The molecular formula is C10H21NO2. The molecule has 1 unspecified atom stereocenters. The van der Waals surface area contributed by atoms with Crippen molar-refractivity contribution in [3.05, 3.63) is 0 Å². The van der Waals surface area contributed by atoms with Crippen LogP contribution in [0.1, 0.15) is 25.7 Å². The maximum atomic E-state index is 8.93. The molecular weight excluding hydrogens is 166 g/mol. The first kappa shape index (κ1) is 11.0. The fraction of sp³-hybridized carbons (Fsp3) is 1.00. The van der Waals surface area contributed by atoms with Crippen LogP contribution in [0.4, 0.5) is 0 Å². The van der Waals surface area contributed by atoms with Gasteiger partial charge >= 0.3 is 0 Å². The van der Waals surface area contributed by atoms with E-state index >= 15 is 0 Å². The van der Waals surface area contributed by atoms with Gasteiger partial charge in [-0.25, -0.2) is 0 Å². The molecule has 78 valence electrons. The van der Waals surface area contributed by atoms with E-state index in [0.29, 0.717) is 19.1 Å². The highest BCUT2D eigenvalue weighted by atomic mass is 16.3. The molecule has 1 rings (SSSR count). The predicted octanol–water partition coefficient (Wildman–Crippen LogP) is 0.463. The van der Waals surface area contributed by atoms with E-state index in [9.17, 15) is 0 Å². The van der Waals surface area contributed by atoms with Crippen molar-refractivity contribution in [3.63, 3.8) is 0 Å². The number of hydrogen-bond acceptors (Lipinski definition) is 3. The molecule has 3 nitrogen and oxygen atoms in total. The number of rotatable bonds is 6. The molecule has 1 atom stereocenters. The topological polar surface area (TPSA) is 43.7 Å². The molecule has 0 amide bonds. The Labute approximate surface area is 80.4 Å². The van der Waals surface area contributed by atoms with Gasteiger partial charge in [-0.1, -0.05) is 0 Å². The van der Waals surface area contributed by atoms with Crippen molar-refractivity contribution in [3.8, 4) is 0 Å². The Bertz CT molecular complexity index is 130. The molecule has 2 N–H and O–H groups in total. The van der Waals surface area contributed by atoms with Gasteiger partial charge in [0.25, 0.3) is 0 Å². The molecule has 0 aromatic heterocycles. The SMILES string of the molecule is OCCCCCN1CCC(CO)C1. The number of nitrogens with zero attached hydrogens (tertiary/aromatic N) is 1. The number of unbranched alkanes of at least 4 members (excludes halogenated alkanes) is 2. The summed E-state index contributed by atoms with van der Waals surface area (Å²) in [5, 5.41) is 17.5. The van der Waals surface area contributed by atoms with Crippen LogP contribution < -0.4 is 0 Å². The Hall–Kier alpha value is -0.120. The van der Waals surface area contributed by atoms with Crippen molar-refractivity contribution >= 4 is 0 Å². The van der Waals surface area contributed by atoms with Crippen LogP contribution in [0.15, 0.2) is 0 Å². The molecule has 1 fully saturated rings. The van der Waals surface area contributed by atoms with E-state index in [1.165, 1.54) is 6.42 Å². The Morgan fingerprint density at radius 1 is 1.15 bits per heavy atom. The molecule has 0 aromatic rings. The summed E-state index contributed by atoms with van der Waals surface area (Å²) in [5.41, 5.74) is 0. The minimum Gasteiger partial charge on any atom is -0.396 e. The maximum Gasteiger partial charge on any atom is 0.0471 e.